The Hall–Kier alpha value is -2.29. The summed E-state index contributed by atoms with van der Waals surface area (Å²) in [5, 5.41) is 12.3. The number of hydrogen-bond donors (Lipinski definition) is 1. The van der Waals surface area contributed by atoms with Crippen molar-refractivity contribution in [2.75, 3.05) is 0 Å². The average Bonchev–Trinajstić information content (AvgIpc) is 3.56. The Bertz CT molecular complexity index is 1320. The molecule has 2 saturated carbocycles. The van der Waals surface area contributed by atoms with Crippen molar-refractivity contribution < 1.29 is 30.0 Å². The molecule has 4 heteroatoms. The molecule has 223 valence electrons. The zero-order valence-electron chi connectivity index (χ0n) is 25.9. The molecule has 1 heterocycles. The molecule has 41 heavy (non-hydrogen) atoms. The van der Waals surface area contributed by atoms with Gasteiger partial charge in [-0.05, 0) is 97.2 Å². The second-order valence-electron chi connectivity index (χ2n) is 12.3. The van der Waals surface area contributed by atoms with Crippen LogP contribution in [0, 0.1) is 37.7 Å². The molecule has 2 fully saturated rings. The van der Waals surface area contributed by atoms with Gasteiger partial charge in [0.2, 0.25) is 0 Å². The van der Waals surface area contributed by atoms with Crippen molar-refractivity contribution in [3.8, 4) is 11.3 Å². The van der Waals surface area contributed by atoms with Crippen molar-refractivity contribution in [3.63, 3.8) is 0 Å². The van der Waals surface area contributed by atoms with Gasteiger partial charge in [-0.3, -0.25) is 4.79 Å². The van der Waals surface area contributed by atoms with Crippen LogP contribution in [0.4, 0.5) is 0 Å². The van der Waals surface area contributed by atoms with Gasteiger partial charge < -0.3 is 10.1 Å². The summed E-state index contributed by atoms with van der Waals surface area (Å²) in [6.07, 6.45) is 13.9. The Morgan fingerprint density at radius 2 is 1.66 bits per heavy atom. The first-order valence-corrected chi connectivity index (χ1v) is 15.6. The van der Waals surface area contributed by atoms with E-state index in [1.54, 1.807) is 5.56 Å². The fraction of sp³-hybridized carbons (Fsp3) is 0.514. The van der Waals surface area contributed by atoms with Crippen molar-refractivity contribution in [2.45, 2.75) is 105 Å². The fourth-order valence-corrected chi connectivity index (χ4v) is 7.12. The number of hydrogen-bond acceptors (Lipinski definition) is 3. The first-order valence-electron chi connectivity index (χ1n) is 15.6. The zero-order chi connectivity index (χ0) is 28.9. The number of aliphatic hydroxyl groups is 1. The van der Waals surface area contributed by atoms with Crippen molar-refractivity contribution in [1.82, 2.24) is 4.98 Å². The number of aryl methyl sites for hydroxylation is 2. The van der Waals surface area contributed by atoms with Gasteiger partial charge in [0.25, 0.3) is 0 Å². The van der Waals surface area contributed by atoms with E-state index in [1.165, 1.54) is 60.1 Å². The van der Waals surface area contributed by atoms with Crippen molar-refractivity contribution >= 4 is 16.6 Å². The van der Waals surface area contributed by atoms with E-state index < -0.39 is 0 Å². The summed E-state index contributed by atoms with van der Waals surface area (Å²) in [5.41, 5.74) is 6.63. The number of rotatable bonds is 9. The molecule has 2 aliphatic carbocycles. The number of aromatic nitrogens is 1. The third-order valence-electron chi connectivity index (χ3n) is 9.60. The molecule has 2 aliphatic rings. The molecule has 2 aromatic carbocycles. The van der Waals surface area contributed by atoms with E-state index >= 15 is 0 Å². The Morgan fingerprint density at radius 3 is 2.22 bits per heavy atom. The smallest absolute Gasteiger partial charge is 0.162 e. The second kappa shape index (κ2) is 14.7. The number of benzene rings is 2. The molecule has 1 aromatic heterocycles. The van der Waals surface area contributed by atoms with E-state index in [1.807, 2.05) is 33.9 Å². The van der Waals surface area contributed by atoms with Crippen molar-refractivity contribution in [1.29, 1.82) is 0 Å². The predicted octanol–water partition coefficient (Wildman–Crippen LogP) is 10.0. The minimum absolute atomic E-state index is 0. The number of nitrogens with zero attached hydrogens (tertiary/aromatic N) is 1. The standard InChI is InChI=1S/C24H24N.C13H24O2.Ir/c1-16-11-17(2)13-20(12-16)23-22-4-3-21(14-19(22)7-10-25-23)24-8-5-18(15-24)6-9-24;1-5-10(6-2)12(14)9-13(15)11(7-3)8-4;/h3-4,7,10-12,14,18H,5-6,8-9,15H2,1-2H3;9-11,14H,5-8H2,1-4H3;/q-1;;/b;12-9-;. The van der Waals surface area contributed by atoms with Crippen LogP contribution in [0.1, 0.15) is 102 Å². The zero-order valence-corrected chi connectivity index (χ0v) is 28.2. The van der Waals surface area contributed by atoms with Crippen LogP contribution in [-0.4, -0.2) is 15.9 Å². The van der Waals surface area contributed by atoms with E-state index in [9.17, 15) is 9.90 Å². The van der Waals surface area contributed by atoms with E-state index in [0.717, 1.165) is 42.9 Å². The van der Waals surface area contributed by atoms with E-state index in [0.29, 0.717) is 5.41 Å². The van der Waals surface area contributed by atoms with Gasteiger partial charge in [-0.1, -0.05) is 59.7 Å². The monoisotopic (exact) mass is 731 g/mol. The number of carbonyl (C=O) groups is 1. The van der Waals surface area contributed by atoms with Gasteiger partial charge in [-0.15, -0.1) is 34.9 Å². The normalized spacial score (nSPS) is 19.8. The quantitative estimate of drug-likeness (QED) is 0.136. The SMILES string of the molecule is CCC(CC)C(=O)/C=C(\O)C(CC)CC.Cc1[c-]c(-c2nccc3cc(C45CCC(CC4)C5)ccc23)cc(C)c1.[Ir]. The Balaban J connectivity index is 0.000000253. The third kappa shape index (κ3) is 7.57. The van der Waals surface area contributed by atoms with Gasteiger partial charge in [-0.25, -0.2) is 0 Å². The number of aliphatic hydroxyl groups excluding tert-OH is 1. The van der Waals surface area contributed by atoms with Gasteiger partial charge in [0.05, 0.1) is 5.76 Å². The maximum atomic E-state index is 11.7. The maximum Gasteiger partial charge on any atom is 0.162 e. The van der Waals surface area contributed by atoms with Crippen LogP contribution >= 0.6 is 0 Å². The molecule has 0 atom stereocenters. The molecule has 0 saturated heterocycles. The number of carbonyl (C=O) groups excluding carboxylic acids is 1. The Morgan fingerprint density at radius 1 is 1.00 bits per heavy atom. The largest absolute Gasteiger partial charge is 0.512 e. The molecule has 3 nitrogen and oxygen atoms in total. The van der Waals surface area contributed by atoms with Crippen LogP contribution in [0.2, 0.25) is 0 Å². The average molecular weight is 731 g/mol. The topological polar surface area (TPSA) is 50.2 Å². The van der Waals surface area contributed by atoms with Gasteiger partial charge in [0.15, 0.2) is 5.78 Å². The van der Waals surface area contributed by atoms with Gasteiger partial charge >= 0.3 is 0 Å². The summed E-state index contributed by atoms with van der Waals surface area (Å²) >= 11 is 0. The van der Waals surface area contributed by atoms with Crippen LogP contribution in [0.15, 0.2) is 54.4 Å². The summed E-state index contributed by atoms with van der Waals surface area (Å²) in [4.78, 5) is 16.4. The maximum absolute atomic E-state index is 11.7. The van der Waals surface area contributed by atoms with Crippen molar-refractivity contribution in [3.05, 3.63) is 77.2 Å². The van der Waals surface area contributed by atoms with Crippen LogP contribution in [0.5, 0.6) is 0 Å². The molecular formula is C37H48IrNO2-. The Labute approximate surface area is 261 Å². The van der Waals surface area contributed by atoms with Crippen LogP contribution in [0.25, 0.3) is 22.0 Å². The molecule has 0 spiro atoms. The molecule has 0 unspecified atom stereocenters. The number of ketones is 1. The molecule has 1 N–H and O–H groups in total. The first-order chi connectivity index (χ1) is 19.2. The van der Waals surface area contributed by atoms with Crippen LogP contribution < -0.4 is 0 Å². The van der Waals surface area contributed by atoms with E-state index in [4.69, 9.17) is 4.98 Å². The van der Waals surface area contributed by atoms with Gasteiger partial charge in [0, 0.05) is 44.2 Å². The minimum Gasteiger partial charge on any atom is -0.512 e. The third-order valence-corrected chi connectivity index (χ3v) is 9.60. The second-order valence-corrected chi connectivity index (χ2v) is 12.3. The summed E-state index contributed by atoms with van der Waals surface area (Å²) in [6.45, 7) is 12.3. The molecule has 0 aliphatic heterocycles. The first kappa shape index (κ1) is 33.2. The number of allylic oxidation sites excluding steroid dienone is 2. The molecule has 3 aromatic rings. The molecule has 2 bridgehead atoms. The summed E-state index contributed by atoms with van der Waals surface area (Å²) in [5.74, 6) is 1.53. The fourth-order valence-electron chi connectivity index (χ4n) is 7.12. The van der Waals surface area contributed by atoms with Gasteiger partial charge in [0.1, 0.15) is 0 Å². The summed E-state index contributed by atoms with van der Waals surface area (Å²) in [6, 6.07) is 17.1. The number of pyridine rings is 1. The summed E-state index contributed by atoms with van der Waals surface area (Å²) in [7, 11) is 0. The molecule has 5 rings (SSSR count). The van der Waals surface area contributed by atoms with Crippen LogP contribution in [0.3, 0.4) is 0 Å². The van der Waals surface area contributed by atoms with Gasteiger partial charge in [-0.2, -0.15) is 0 Å². The van der Waals surface area contributed by atoms with E-state index in [2.05, 4.69) is 56.3 Å². The Kier molecular flexibility index (Phi) is 11.9. The molecule has 1 radical (unpaired) electrons. The minimum atomic E-state index is 0. The molecular weight excluding hydrogens is 683 g/mol. The predicted molar refractivity (Wildman–Crippen MR) is 168 cm³/mol. The van der Waals surface area contributed by atoms with Crippen molar-refractivity contribution in [2.24, 2.45) is 17.8 Å². The van der Waals surface area contributed by atoms with Crippen LogP contribution in [-0.2, 0) is 30.3 Å². The molecule has 0 amide bonds. The number of fused-ring (bicyclic) bond motifs is 3. The van der Waals surface area contributed by atoms with E-state index in [-0.39, 0.29) is 43.5 Å². The summed E-state index contributed by atoms with van der Waals surface area (Å²) < 4.78 is 0.